The molecule has 0 N–H and O–H groups in total. The predicted octanol–water partition coefficient (Wildman–Crippen LogP) is -0.463. The summed E-state index contributed by atoms with van der Waals surface area (Å²) in [5.74, 6) is -1.56. The van der Waals surface area contributed by atoms with Crippen molar-refractivity contribution >= 4 is 17.9 Å². The Balaban J connectivity index is 2.09. The van der Waals surface area contributed by atoms with Gasteiger partial charge in [0.25, 0.3) is 0 Å². The van der Waals surface area contributed by atoms with Gasteiger partial charge in [-0.3, -0.25) is 14.4 Å². The van der Waals surface area contributed by atoms with Gasteiger partial charge in [-0.15, -0.1) is 0 Å². The first-order valence-corrected chi connectivity index (χ1v) is 6.17. The summed E-state index contributed by atoms with van der Waals surface area (Å²) < 4.78 is 25.8. The molecule has 2 fully saturated rings. The topological polar surface area (TPSA) is 101 Å². The molecule has 2 aliphatic rings. The first-order chi connectivity index (χ1) is 9.38. The summed E-state index contributed by atoms with van der Waals surface area (Å²) in [6, 6.07) is 0. The van der Waals surface area contributed by atoms with Crippen molar-refractivity contribution in [2.24, 2.45) is 0 Å². The molecule has 8 heteroatoms. The molecule has 0 unspecified atom stereocenters. The highest BCUT2D eigenvalue weighted by atomic mass is 16.8. The molecule has 0 aliphatic carbocycles. The number of rotatable bonds is 4. The molecule has 2 saturated heterocycles. The van der Waals surface area contributed by atoms with Crippen molar-refractivity contribution in [2.45, 2.75) is 51.5 Å². The minimum atomic E-state index is -0.875. The third-order valence-electron chi connectivity index (χ3n) is 2.86. The third-order valence-corrected chi connectivity index (χ3v) is 2.86. The van der Waals surface area contributed by atoms with E-state index in [0.29, 0.717) is 0 Å². The quantitative estimate of drug-likeness (QED) is 0.389. The van der Waals surface area contributed by atoms with Crippen LogP contribution in [-0.2, 0) is 38.1 Å². The van der Waals surface area contributed by atoms with Crippen molar-refractivity contribution in [3.8, 4) is 0 Å². The summed E-state index contributed by atoms with van der Waals surface area (Å²) in [6.07, 6.45) is -3.38. The summed E-state index contributed by atoms with van der Waals surface area (Å²) in [7, 11) is 0. The largest absolute Gasteiger partial charge is 0.463 e. The summed E-state index contributed by atoms with van der Waals surface area (Å²) in [4.78, 5) is 33.2. The number of esters is 3. The van der Waals surface area contributed by atoms with Gasteiger partial charge in [-0.25, -0.2) is 0 Å². The second-order valence-electron chi connectivity index (χ2n) is 4.59. The van der Waals surface area contributed by atoms with Crippen molar-refractivity contribution in [1.82, 2.24) is 0 Å². The van der Waals surface area contributed by atoms with Crippen LogP contribution in [0.15, 0.2) is 0 Å². The maximum atomic E-state index is 11.2. The molecule has 5 atom stereocenters. The van der Waals surface area contributed by atoms with E-state index in [4.69, 9.17) is 23.7 Å². The molecule has 0 radical (unpaired) electrons. The molecule has 112 valence electrons. The van der Waals surface area contributed by atoms with Gasteiger partial charge in [-0.1, -0.05) is 0 Å². The third kappa shape index (κ3) is 3.45. The van der Waals surface area contributed by atoms with E-state index < -0.39 is 48.6 Å². The monoisotopic (exact) mass is 288 g/mol. The van der Waals surface area contributed by atoms with E-state index in [-0.39, 0.29) is 6.61 Å². The predicted molar refractivity (Wildman–Crippen MR) is 61.3 cm³/mol. The van der Waals surface area contributed by atoms with Gasteiger partial charge in [0.15, 0.2) is 24.6 Å². The highest BCUT2D eigenvalue weighted by Gasteiger charge is 2.60. The van der Waals surface area contributed by atoms with Crippen LogP contribution in [0.3, 0.4) is 0 Å². The molecular formula is C12H16O8. The zero-order valence-corrected chi connectivity index (χ0v) is 11.4. The van der Waals surface area contributed by atoms with E-state index in [1.54, 1.807) is 0 Å². The molecule has 0 aromatic heterocycles. The van der Waals surface area contributed by atoms with E-state index in [2.05, 4.69) is 0 Å². The van der Waals surface area contributed by atoms with Crippen LogP contribution in [0.5, 0.6) is 0 Å². The highest BCUT2D eigenvalue weighted by Crippen LogP contribution is 2.38. The normalized spacial score (nSPS) is 34.6. The van der Waals surface area contributed by atoms with Crippen LogP contribution in [-0.4, -0.2) is 55.2 Å². The van der Waals surface area contributed by atoms with Gasteiger partial charge in [0.2, 0.25) is 0 Å². The SMILES string of the molecule is CC(=O)OC[C@H]1O[C@H]2O[C@@H]2[C@H](OC(C)=O)[C@@H]1OC(C)=O. The Kier molecular flexibility index (Phi) is 4.24. The van der Waals surface area contributed by atoms with Crippen molar-refractivity contribution in [2.75, 3.05) is 6.61 Å². The average Bonchev–Trinajstić information content (AvgIpc) is 3.07. The van der Waals surface area contributed by atoms with Gasteiger partial charge in [-0.2, -0.15) is 0 Å². The van der Waals surface area contributed by atoms with Gasteiger partial charge >= 0.3 is 17.9 Å². The minimum absolute atomic E-state index is 0.113. The standard InChI is InChI=1S/C12H16O8/c1-5(13)16-4-8-9(17-6(2)14)10(18-7(3)15)11-12(19-8)20-11/h8-12H,4H2,1-3H3/t8-,9-,10-,11-,12+/m1/s1. The minimum Gasteiger partial charge on any atom is -0.463 e. The van der Waals surface area contributed by atoms with Gasteiger partial charge in [0.05, 0.1) is 0 Å². The first kappa shape index (κ1) is 14.7. The Hall–Kier alpha value is -1.67. The number of hydrogen-bond acceptors (Lipinski definition) is 8. The number of epoxide rings is 1. The number of hydrogen-bond donors (Lipinski definition) is 0. The lowest BCUT2D eigenvalue weighted by Gasteiger charge is -2.33. The van der Waals surface area contributed by atoms with E-state index >= 15 is 0 Å². The molecular weight excluding hydrogens is 272 g/mol. The first-order valence-electron chi connectivity index (χ1n) is 6.17. The molecule has 0 spiro atoms. The fraction of sp³-hybridized carbons (Fsp3) is 0.750. The molecule has 2 heterocycles. The molecule has 2 rings (SSSR count). The van der Waals surface area contributed by atoms with E-state index in [1.807, 2.05) is 0 Å². The van der Waals surface area contributed by atoms with Crippen LogP contribution < -0.4 is 0 Å². The fourth-order valence-corrected chi connectivity index (χ4v) is 2.09. The molecule has 0 amide bonds. The number of ether oxygens (including phenoxy) is 5. The molecule has 8 nitrogen and oxygen atoms in total. The number of fused-ring (bicyclic) bond motifs is 1. The van der Waals surface area contributed by atoms with Crippen LogP contribution in [0.1, 0.15) is 20.8 Å². The second-order valence-corrected chi connectivity index (χ2v) is 4.59. The van der Waals surface area contributed by atoms with E-state index in [9.17, 15) is 14.4 Å². The Morgan fingerprint density at radius 2 is 1.50 bits per heavy atom. The molecule has 0 aromatic rings. The molecule has 0 bridgehead atoms. The Morgan fingerprint density at radius 3 is 2.05 bits per heavy atom. The van der Waals surface area contributed by atoms with Crippen molar-refractivity contribution < 1.29 is 38.1 Å². The maximum absolute atomic E-state index is 11.2. The van der Waals surface area contributed by atoms with Gasteiger partial charge in [0, 0.05) is 20.8 Å². The lowest BCUT2D eigenvalue weighted by Crippen LogP contribution is -2.53. The van der Waals surface area contributed by atoms with Crippen LogP contribution in [0.4, 0.5) is 0 Å². The average molecular weight is 288 g/mol. The number of carbonyl (C=O) groups excluding carboxylic acids is 3. The molecule has 2 aliphatic heterocycles. The summed E-state index contributed by atoms with van der Waals surface area (Å²) in [6.45, 7) is 3.62. The Bertz CT molecular complexity index is 420. The van der Waals surface area contributed by atoms with Crippen molar-refractivity contribution in [1.29, 1.82) is 0 Å². The zero-order valence-electron chi connectivity index (χ0n) is 11.4. The van der Waals surface area contributed by atoms with E-state index in [1.165, 1.54) is 20.8 Å². The summed E-state index contributed by atoms with van der Waals surface area (Å²) in [5, 5.41) is 0. The second kappa shape index (κ2) is 5.76. The van der Waals surface area contributed by atoms with Gasteiger partial charge in [-0.05, 0) is 0 Å². The number of carbonyl (C=O) groups is 3. The van der Waals surface area contributed by atoms with Crippen LogP contribution in [0, 0.1) is 0 Å². The van der Waals surface area contributed by atoms with Crippen molar-refractivity contribution in [3.63, 3.8) is 0 Å². The van der Waals surface area contributed by atoms with Crippen LogP contribution >= 0.6 is 0 Å². The lowest BCUT2D eigenvalue weighted by molar-refractivity contribution is -0.197. The van der Waals surface area contributed by atoms with Gasteiger partial charge in [0.1, 0.15) is 12.7 Å². The molecule has 0 aromatic carbocycles. The van der Waals surface area contributed by atoms with E-state index in [0.717, 1.165) is 0 Å². The van der Waals surface area contributed by atoms with Crippen LogP contribution in [0.25, 0.3) is 0 Å². The smallest absolute Gasteiger partial charge is 0.303 e. The Labute approximate surface area is 115 Å². The maximum Gasteiger partial charge on any atom is 0.303 e. The van der Waals surface area contributed by atoms with Gasteiger partial charge < -0.3 is 23.7 Å². The molecule has 20 heavy (non-hydrogen) atoms. The van der Waals surface area contributed by atoms with Crippen molar-refractivity contribution in [3.05, 3.63) is 0 Å². The fourth-order valence-electron chi connectivity index (χ4n) is 2.09. The lowest BCUT2D eigenvalue weighted by atomic mass is 10.0. The highest BCUT2D eigenvalue weighted by molar-refractivity contribution is 5.68. The Morgan fingerprint density at radius 1 is 0.900 bits per heavy atom. The summed E-state index contributed by atoms with van der Waals surface area (Å²) >= 11 is 0. The van der Waals surface area contributed by atoms with Crippen LogP contribution in [0.2, 0.25) is 0 Å². The molecule has 0 saturated carbocycles. The zero-order chi connectivity index (χ0) is 14.9. The summed E-state index contributed by atoms with van der Waals surface area (Å²) in [5.41, 5.74) is 0.